The lowest BCUT2D eigenvalue weighted by Crippen LogP contribution is -2.40. The van der Waals surface area contributed by atoms with Crippen LogP contribution in [0.2, 0.25) is 0 Å². The van der Waals surface area contributed by atoms with Crippen molar-refractivity contribution in [2.75, 3.05) is 13.1 Å². The Bertz CT molecular complexity index is 1050. The molecule has 4 rings (SSSR count). The first kappa shape index (κ1) is 22.3. The highest BCUT2D eigenvalue weighted by Gasteiger charge is 2.30. The predicted octanol–water partition coefficient (Wildman–Crippen LogP) is 5.83. The van der Waals surface area contributed by atoms with E-state index < -0.39 is 0 Å². The van der Waals surface area contributed by atoms with Gasteiger partial charge < -0.3 is 9.42 Å². The van der Waals surface area contributed by atoms with Crippen LogP contribution in [0.4, 0.5) is 0 Å². The zero-order valence-corrected chi connectivity index (χ0v) is 19.6. The fraction of sp³-hybridized carbons (Fsp3) is 0.444. The summed E-state index contributed by atoms with van der Waals surface area (Å²) in [5.74, 6) is 1.07. The van der Waals surface area contributed by atoms with E-state index in [4.69, 9.17) is 4.52 Å². The van der Waals surface area contributed by atoms with E-state index in [-0.39, 0.29) is 11.3 Å². The Hall–Kier alpha value is -2.95. The van der Waals surface area contributed by atoms with Crippen molar-refractivity contribution in [3.63, 3.8) is 0 Å². The molecule has 3 heterocycles. The summed E-state index contributed by atoms with van der Waals surface area (Å²) >= 11 is 0. The molecule has 5 heteroatoms. The van der Waals surface area contributed by atoms with E-state index in [1.165, 1.54) is 17.5 Å². The SMILES string of the molecule is Cc1noc(-c2ccncc2)c1C(=O)N1CCCC(CCc2ccc(C(C)(C)C)cc2)C1. The standard InChI is InChI=1S/C27H33N3O2/c1-19-24(25(32-29-19)22-13-15-28-16-14-22)26(31)30-17-5-6-21(18-30)8-7-20-9-11-23(12-10-20)27(2,3)4/h9-16,21H,5-8,17-18H2,1-4H3. The molecule has 0 bridgehead atoms. The minimum atomic E-state index is 0.0230. The van der Waals surface area contributed by atoms with E-state index in [9.17, 15) is 4.79 Å². The molecule has 0 aliphatic carbocycles. The van der Waals surface area contributed by atoms with Crippen LogP contribution in [-0.2, 0) is 11.8 Å². The minimum Gasteiger partial charge on any atom is -0.355 e. The third-order valence-electron chi connectivity index (χ3n) is 6.49. The Morgan fingerprint density at radius 1 is 1.12 bits per heavy atom. The molecule has 5 nitrogen and oxygen atoms in total. The van der Waals surface area contributed by atoms with Crippen LogP contribution in [0.15, 0.2) is 53.3 Å². The van der Waals surface area contributed by atoms with Gasteiger partial charge in [-0.15, -0.1) is 0 Å². The maximum atomic E-state index is 13.4. The van der Waals surface area contributed by atoms with E-state index >= 15 is 0 Å². The second-order valence-electron chi connectivity index (χ2n) is 9.95. The number of aryl methyl sites for hydroxylation is 2. The topological polar surface area (TPSA) is 59.2 Å². The summed E-state index contributed by atoms with van der Waals surface area (Å²) < 4.78 is 5.53. The van der Waals surface area contributed by atoms with Crippen LogP contribution >= 0.6 is 0 Å². The highest BCUT2D eigenvalue weighted by atomic mass is 16.5. The van der Waals surface area contributed by atoms with Gasteiger partial charge >= 0.3 is 0 Å². The number of nitrogens with zero attached hydrogens (tertiary/aromatic N) is 3. The van der Waals surface area contributed by atoms with Gasteiger partial charge in [-0.25, -0.2) is 0 Å². The summed E-state index contributed by atoms with van der Waals surface area (Å²) in [6.45, 7) is 10.1. The number of rotatable bonds is 5. The number of pyridine rings is 1. The average molecular weight is 432 g/mol. The van der Waals surface area contributed by atoms with Crippen LogP contribution in [0.25, 0.3) is 11.3 Å². The largest absolute Gasteiger partial charge is 0.355 e. The fourth-order valence-corrected chi connectivity index (χ4v) is 4.51. The molecular weight excluding hydrogens is 398 g/mol. The van der Waals surface area contributed by atoms with Gasteiger partial charge in [-0.05, 0) is 67.2 Å². The summed E-state index contributed by atoms with van der Waals surface area (Å²) in [5.41, 5.74) is 4.97. The highest BCUT2D eigenvalue weighted by Crippen LogP contribution is 2.30. The van der Waals surface area contributed by atoms with E-state index in [2.05, 4.69) is 55.2 Å². The number of likely N-dealkylation sites (tertiary alicyclic amines) is 1. The van der Waals surface area contributed by atoms with Gasteiger partial charge in [0.1, 0.15) is 5.56 Å². The molecule has 0 N–H and O–H groups in total. The Morgan fingerprint density at radius 3 is 2.53 bits per heavy atom. The third kappa shape index (κ3) is 4.93. The van der Waals surface area contributed by atoms with Crippen molar-refractivity contribution in [1.82, 2.24) is 15.0 Å². The Kier molecular flexibility index (Phi) is 6.45. The van der Waals surface area contributed by atoms with Gasteiger partial charge in [0.05, 0.1) is 5.69 Å². The monoisotopic (exact) mass is 431 g/mol. The molecule has 1 atom stereocenters. The van der Waals surface area contributed by atoms with Gasteiger partial charge in [0.2, 0.25) is 0 Å². The third-order valence-corrected chi connectivity index (χ3v) is 6.49. The quantitative estimate of drug-likeness (QED) is 0.510. The van der Waals surface area contributed by atoms with Gasteiger partial charge in [0, 0.05) is 31.0 Å². The molecule has 2 aromatic heterocycles. The molecule has 1 saturated heterocycles. The van der Waals surface area contributed by atoms with Gasteiger partial charge in [-0.3, -0.25) is 9.78 Å². The summed E-state index contributed by atoms with van der Waals surface area (Å²) in [4.78, 5) is 19.5. The molecule has 0 spiro atoms. The normalized spacial score (nSPS) is 16.9. The van der Waals surface area contributed by atoms with E-state index in [1.54, 1.807) is 12.4 Å². The number of piperidine rings is 1. The van der Waals surface area contributed by atoms with E-state index in [0.717, 1.165) is 37.9 Å². The van der Waals surface area contributed by atoms with E-state index in [1.807, 2.05) is 24.0 Å². The second-order valence-corrected chi connectivity index (χ2v) is 9.95. The zero-order valence-electron chi connectivity index (χ0n) is 19.6. The molecule has 1 amide bonds. The fourth-order valence-electron chi connectivity index (χ4n) is 4.51. The number of amides is 1. The summed E-state index contributed by atoms with van der Waals surface area (Å²) in [6.07, 6.45) is 7.75. The zero-order chi connectivity index (χ0) is 22.7. The van der Waals surface area contributed by atoms with Crippen LogP contribution in [0.3, 0.4) is 0 Å². The van der Waals surface area contributed by atoms with Gasteiger partial charge in [-0.1, -0.05) is 50.2 Å². The number of carbonyl (C=O) groups excluding carboxylic acids is 1. The molecule has 1 aliphatic rings. The average Bonchev–Trinajstić information content (AvgIpc) is 3.19. The maximum Gasteiger partial charge on any atom is 0.259 e. The number of hydrogen-bond donors (Lipinski definition) is 0. The van der Waals surface area contributed by atoms with Crippen LogP contribution in [0.5, 0.6) is 0 Å². The maximum absolute atomic E-state index is 13.4. The molecule has 0 saturated carbocycles. The number of carbonyl (C=O) groups is 1. The molecule has 3 aromatic rings. The van der Waals surface area contributed by atoms with Crippen LogP contribution < -0.4 is 0 Å². The Balaban J connectivity index is 1.41. The van der Waals surface area contributed by atoms with Gasteiger partial charge in [0.15, 0.2) is 5.76 Å². The predicted molar refractivity (Wildman–Crippen MR) is 127 cm³/mol. The summed E-state index contributed by atoms with van der Waals surface area (Å²) in [5, 5.41) is 4.09. The first-order chi connectivity index (χ1) is 15.3. The highest BCUT2D eigenvalue weighted by molar-refractivity contribution is 6.00. The Labute approximate surface area is 190 Å². The smallest absolute Gasteiger partial charge is 0.259 e. The van der Waals surface area contributed by atoms with Gasteiger partial charge in [-0.2, -0.15) is 0 Å². The molecule has 0 radical (unpaired) electrons. The lowest BCUT2D eigenvalue weighted by Gasteiger charge is -2.33. The molecule has 1 aliphatic heterocycles. The number of aromatic nitrogens is 2. The first-order valence-corrected chi connectivity index (χ1v) is 11.6. The van der Waals surface area contributed by atoms with Crippen molar-refractivity contribution < 1.29 is 9.32 Å². The molecular formula is C27H33N3O2. The Morgan fingerprint density at radius 2 is 1.84 bits per heavy atom. The van der Waals surface area contributed by atoms with Gasteiger partial charge in [0.25, 0.3) is 5.91 Å². The molecule has 1 unspecified atom stereocenters. The minimum absolute atomic E-state index is 0.0230. The van der Waals surface area contributed by atoms with Crippen molar-refractivity contribution in [2.24, 2.45) is 5.92 Å². The van der Waals surface area contributed by atoms with Crippen molar-refractivity contribution >= 4 is 5.91 Å². The summed E-state index contributed by atoms with van der Waals surface area (Å²) in [6, 6.07) is 12.7. The van der Waals surface area contributed by atoms with E-state index in [0.29, 0.717) is 22.9 Å². The van der Waals surface area contributed by atoms with Crippen LogP contribution in [0.1, 0.15) is 67.2 Å². The summed E-state index contributed by atoms with van der Waals surface area (Å²) in [7, 11) is 0. The molecule has 168 valence electrons. The lowest BCUT2D eigenvalue weighted by molar-refractivity contribution is 0.0668. The molecule has 1 aromatic carbocycles. The van der Waals surface area contributed by atoms with Crippen molar-refractivity contribution in [3.8, 4) is 11.3 Å². The number of benzene rings is 1. The van der Waals surface area contributed by atoms with Crippen molar-refractivity contribution in [3.05, 3.63) is 71.2 Å². The van der Waals surface area contributed by atoms with Crippen LogP contribution in [-0.4, -0.2) is 34.0 Å². The van der Waals surface area contributed by atoms with Crippen molar-refractivity contribution in [2.45, 2.75) is 58.8 Å². The van der Waals surface area contributed by atoms with Crippen LogP contribution in [0, 0.1) is 12.8 Å². The molecule has 32 heavy (non-hydrogen) atoms. The number of hydrogen-bond acceptors (Lipinski definition) is 4. The van der Waals surface area contributed by atoms with Crippen molar-refractivity contribution in [1.29, 1.82) is 0 Å². The second kappa shape index (κ2) is 9.27. The lowest BCUT2D eigenvalue weighted by atomic mass is 9.86. The molecule has 1 fully saturated rings. The first-order valence-electron chi connectivity index (χ1n) is 11.6.